The summed E-state index contributed by atoms with van der Waals surface area (Å²) in [5, 5.41) is 0. The van der Waals surface area contributed by atoms with Crippen LogP contribution in [0.1, 0.15) is 39.5 Å². The summed E-state index contributed by atoms with van der Waals surface area (Å²) in [5.74, 6) is -0.699. The van der Waals surface area contributed by atoms with Gasteiger partial charge in [0.2, 0.25) is 0 Å². The van der Waals surface area contributed by atoms with Gasteiger partial charge in [-0.1, -0.05) is 6.42 Å². The first-order valence-electron chi connectivity index (χ1n) is 5.21. The van der Waals surface area contributed by atoms with Crippen molar-refractivity contribution in [2.24, 2.45) is 0 Å². The molecule has 13 heavy (non-hydrogen) atoms. The molecule has 0 aromatic heterocycles. The third-order valence-electron chi connectivity index (χ3n) is 2.84. The minimum atomic E-state index is -0.699. The van der Waals surface area contributed by atoms with E-state index in [2.05, 4.69) is 0 Å². The van der Waals surface area contributed by atoms with Crippen molar-refractivity contribution in [3.8, 4) is 0 Å². The number of hydrogen-bond acceptors (Lipinski definition) is 3. The Labute approximate surface area is 79.4 Å². The van der Waals surface area contributed by atoms with Crippen molar-refractivity contribution in [2.75, 3.05) is 6.61 Å². The second kappa shape index (κ2) is 3.56. The number of ether oxygens (including phenoxy) is 3. The van der Waals surface area contributed by atoms with Crippen molar-refractivity contribution < 1.29 is 14.2 Å². The van der Waals surface area contributed by atoms with Crippen LogP contribution in [0.3, 0.4) is 0 Å². The van der Waals surface area contributed by atoms with Gasteiger partial charge in [-0.3, -0.25) is 0 Å². The molecule has 2 unspecified atom stereocenters. The lowest BCUT2D eigenvalue weighted by molar-refractivity contribution is -0.339. The van der Waals surface area contributed by atoms with Gasteiger partial charge in [0.1, 0.15) is 0 Å². The minimum Gasteiger partial charge on any atom is -0.327 e. The molecule has 2 rings (SSSR count). The van der Waals surface area contributed by atoms with Gasteiger partial charge in [0, 0.05) is 6.42 Å². The third-order valence-corrected chi connectivity index (χ3v) is 2.84. The van der Waals surface area contributed by atoms with Crippen molar-refractivity contribution in [1.82, 2.24) is 0 Å². The van der Waals surface area contributed by atoms with Gasteiger partial charge in [0.05, 0.1) is 18.8 Å². The zero-order valence-electron chi connectivity index (χ0n) is 8.41. The summed E-state index contributed by atoms with van der Waals surface area (Å²) in [7, 11) is 0. The summed E-state index contributed by atoms with van der Waals surface area (Å²) < 4.78 is 17.1. The molecule has 3 nitrogen and oxygen atoms in total. The Morgan fingerprint density at radius 3 is 2.38 bits per heavy atom. The van der Waals surface area contributed by atoms with E-state index >= 15 is 0 Å². The molecule has 0 aliphatic carbocycles. The molecule has 2 saturated heterocycles. The van der Waals surface area contributed by atoms with Crippen LogP contribution in [0.2, 0.25) is 0 Å². The lowest BCUT2D eigenvalue weighted by Crippen LogP contribution is -2.33. The first-order chi connectivity index (χ1) is 6.22. The van der Waals surface area contributed by atoms with Gasteiger partial charge in [-0.05, 0) is 26.7 Å². The largest absolute Gasteiger partial charge is 0.327 e. The summed E-state index contributed by atoms with van der Waals surface area (Å²) in [6, 6.07) is 0. The van der Waals surface area contributed by atoms with Crippen molar-refractivity contribution in [3.63, 3.8) is 0 Å². The van der Waals surface area contributed by atoms with Crippen molar-refractivity contribution in [1.29, 1.82) is 0 Å². The Morgan fingerprint density at radius 2 is 1.69 bits per heavy atom. The van der Waals surface area contributed by atoms with E-state index in [4.69, 9.17) is 14.2 Å². The van der Waals surface area contributed by atoms with Crippen LogP contribution in [0.25, 0.3) is 0 Å². The van der Waals surface area contributed by atoms with E-state index in [0.717, 1.165) is 25.9 Å². The molecule has 0 amide bonds. The lowest BCUT2D eigenvalue weighted by Gasteiger charge is -2.25. The van der Waals surface area contributed by atoms with Crippen LogP contribution in [-0.2, 0) is 14.2 Å². The van der Waals surface area contributed by atoms with E-state index in [1.165, 1.54) is 6.42 Å². The quantitative estimate of drug-likeness (QED) is 0.579. The van der Waals surface area contributed by atoms with Crippen LogP contribution in [0.15, 0.2) is 0 Å². The SMILES string of the molecule is CC1OC2(CCCCCO2)OC1C. The second-order valence-corrected chi connectivity index (χ2v) is 3.99. The van der Waals surface area contributed by atoms with Crippen LogP contribution < -0.4 is 0 Å². The Bertz CT molecular complexity index is 161. The monoisotopic (exact) mass is 186 g/mol. The first kappa shape index (κ1) is 9.44. The molecule has 0 N–H and O–H groups in total. The average Bonchev–Trinajstić information content (AvgIpc) is 2.29. The summed E-state index contributed by atoms with van der Waals surface area (Å²) in [6.07, 6.45) is 4.66. The molecule has 0 aromatic rings. The van der Waals surface area contributed by atoms with E-state index in [-0.39, 0.29) is 12.2 Å². The highest BCUT2D eigenvalue weighted by Gasteiger charge is 2.45. The lowest BCUT2D eigenvalue weighted by atomic mass is 10.2. The maximum absolute atomic E-state index is 5.74. The fraction of sp³-hybridized carbons (Fsp3) is 1.00. The molecule has 2 heterocycles. The first-order valence-corrected chi connectivity index (χ1v) is 5.21. The van der Waals surface area contributed by atoms with E-state index in [1.54, 1.807) is 0 Å². The molecule has 0 bridgehead atoms. The normalized spacial score (nSPS) is 46.6. The zero-order valence-corrected chi connectivity index (χ0v) is 8.41. The standard InChI is InChI=1S/C10H18O3/c1-8-9(2)13-10(12-8)6-4-3-5-7-11-10/h8-9H,3-7H2,1-2H3. The summed E-state index contributed by atoms with van der Waals surface area (Å²) >= 11 is 0. The molecule has 76 valence electrons. The van der Waals surface area contributed by atoms with E-state index < -0.39 is 5.97 Å². The van der Waals surface area contributed by atoms with Crippen LogP contribution >= 0.6 is 0 Å². The average molecular weight is 186 g/mol. The molecule has 2 aliphatic rings. The molecule has 2 fully saturated rings. The fourth-order valence-electron chi connectivity index (χ4n) is 1.89. The van der Waals surface area contributed by atoms with Gasteiger partial charge in [0.25, 0.3) is 5.97 Å². The molecule has 0 saturated carbocycles. The highest BCUT2D eigenvalue weighted by atomic mass is 16.9. The van der Waals surface area contributed by atoms with Gasteiger partial charge in [-0.15, -0.1) is 0 Å². The van der Waals surface area contributed by atoms with Crippen LogP contribution in [0.4, 0.5) is 0 Å². The molecule has 0 radical (unpaired) electrons. The summed E-state index contributed by atoms with van der Waals surface area (Å²) in [5.41, 5.74) is 0. The summed E-state index contributed by atoms with van der Waals surface area (Å²) in [6.45, 7) is 4.83. The highest BCUT2D eigenvalue weighted by Crippen LogP contribution is 2.35. The Morgan fingerprint density at radius 1 is 1.00 bits per heavy atom. The fourth-order valence-corrected chi connectivity index (χ4v) is 1.89. The molecule has 0 aromatic carbocycles. The Kier molecular flexibility index (Phi) is 2.58. The highest BCUT2D eigenvalue weighted by molar-refractivity contribution is 4.76. The third kappa shape index (κ3) is 1.87. The van der Waals surface area contributed by atoms with Gasteiger partial charge in [-0.25, -0.2) is 0 Å². The smallest absolute Gasteiger partial charge is 0.283 e. The van der Waals surface area contributed by atoms with Crippen molar-refractivity contribution >= 4 is 0 Å². The Balaban J connectivity index is 2.02. The Hall–Kier alpha value is -0.120. The van der Waals surface area contributed by atoms with Crippen LogP contribution in [-0.4, -0.2) is 24.8 Å². The van der Waals surface area contributed by atoms with Gasteiger partial charge < -0.3 is 14.2 Å². The topological polar surface area (TPSA) is 27.7 Å². The van der Waals surface area contributed by atoms with Gasteiger partial charge in [-0.2, -0.15) is 0 Å². The van der Waals surface area contributed by atoms with E-state index in [1.807, 2.05) is 13.8 Å². The maximum atomic E-state index is 5.74. The van der Waals surface area contributed by atoms with Crippen LogP contribution in [0, 0.1) is 0 Å². The molecule has 2 atom stereocenters. The van der Waals surface area contributed by atoms with Crippen molar-refractivity contribution in [3.05, 3.63) is 0 Å². The molecular formula is C10H18O3. The van der Waals surface area contributed by atoms with E-state index in [0.29, 0.717) is 0 Å². The summed E-state index contributed by atoms with van der Waals surface area (Å²) in [4.78, 5) is 0. The molecular weight excluding hydrogens is 168 g/mol. The molecule has 3 heteroatoms. The molecule has 2 aliphatic heterocycles. The molecule has 1 spiro atoms. The second-order valence-electron chi connectivity index (χ2n) is 3.99. The van der Waals surface area contributed by atoms with E-state index in [9.17, 15) is 0 Å². The van der Waals surface area contributed by atoms with Crippen molar-refractivity contribution in [2.45, 2.75) is 57.7 Å². The van der Waals surface area contributed by atoms with Gasteiger partial charge in [0.15, 0.2) is 0 Å². The number of hydrogen-bond donors (Lipinski definition) is 0. The maximum Gasteiger partial charge on any atom is 0.283 e. The minimum absolute atomic E-state index is 0.151. The predicted molar refractivity (Wildman–Crippen MR) is 48.2 cm³/mol. The van der Waals surface area contributed by atoms with Crippen LogP contribution in [0.5, 0.6) is 0 Å². The van der Waals surface area contributed by atoms with Gasteiger partial charge >= 0.3 is 0 Å². The number of rotatable bonds is 0. The predicted octanol–water partition coefficient (Wildman–Crippen LogP) is 2.05. The zero-order chi connectivity index (χ0) is 9.31.